The monoisotopic (exact) mass is 496 g/mol. The molecule has 5 nitrogen and oxygen atoms in total. The lowest BCUT2D eigenvalue weighted by molar-refractivity contribution is -0.192. The fourth-order valence-electron chi connectivity index (χ4n) is 2.22. The molecule has 0 aliphatic heterocycles. The smallest absolute Gasteiger partial charge is 0.475 e. The van der Waals surface area contributed by atoms with E-state index in [0.29, 0.717) is 12.1 Å². The summed E-state index contributed by atoms with van der Waals surface area (Å²) in [5, 5.41) is 8.62. The Labute approximate surface area is 177 Å². The average Bonchev–Trinajstić information content (AvgIpc) is 2.64. The molecule has 1 aromatic heterocycles. The van der Waals surface area contributed by atoms with Gasteiger partial charge in [-0.25, -0.2) is 4.79 Å². The number of carbonyl (C=O) groups excluding carboxylic acids is 1. The van der Waals surface area contributed by atoms with E-state index in [-0.39, 0.29) is 12.0 Å². The van der Waals surface area contributed by atoms with Crippen LogP contribution in [-0.2, 0) is 21.9 Å². The minimum absolute atomic E-state index is 0.0135. The van der Waals surface area contributed by atoms with Gasteiger partial charge in [0.05, 0.1) is 27.9 Å². The fourth-order valence-corrected chi connectivity index (χ4v) is 2.48. The maximum atomic E-state index is 13.3. The number of aromatic nitrogens is 1. The second-order valence-corrected chi connectivity index (χ2v) is 6.10. The molecule has 1 aromatic carbocycles. The quantitative estimate of drug-likeness (QED) is 0.448. The van der Waals surface area contributed by atoms with E-state index in [2.05, 4.69) is 10.3 Å². The Morgan fingerprint density at radius 3 is 1.84 bits per heavy atom. The van der Waals surface area contributed by atoms with Crippen LogP contribution in [-0.4, -0.2) is 28.6 Å². The predicted octanol–water partition coefficient (Wildman–Crippen LogP) is 5.24. The van der Waals surface area contributed by atoms with E-state index in [1.165, 1.54) is 0 Å². The van der Waals surface area contributed by atoms with Crippen LogP contribution in [0, 0.1) is 0 Å². The molecule has 0 saturated heterocycles. The van der Waals surface area contributed by atoms with Crippen LogP contribution in [0.1, 0.15) is 28.4 Å². The molecular formula is C17H10ClF9N2O3. The van der Waals surface area contributed by atoms with Crippen molar-refractivity contribution >= 4 is 24.0 Å². The third kappa shape index (κ3) is 7.28. The number of pyridine rings is 1. The molecule has 0 aliphatic carbocycles. The third-order valence-electron chi connectivity index (χ3n) is 3.53. The normalized spacial score (nSPS) is 12.9. The lowest BCUT2D eigenvalue weighted by atomic mass is 9.98. The third-order valence-corrected chi connectivity index (χ3v) is 3.85. The van der Waals surface area contributed by atoms with E-state index < -0.39 is 52.4 Å². The summed E-state index contributed by atoms with van der Waals surface area (Å²) in [6.45, 7) is 0. The highest BCUT2D eigenvalue weighted by atomic mass is 35.5. The van der Waals surface area contributed by atoms with Gasteiger partial charge in [-0.15, -0.1) is 0 Å². The molecule has 15 heteroatoms. The molecule has 32 heavy (non-hydrogen) atoms. The molecule has 0 fully saturated rings. The van der Waals surface area contributed by atoms with Crippen molar-refractivity contribution in [3.63, 3.8) is 0 Å². The van der Waals surface area contributed by atoms with Gasteiger partial charge in [-0.3, -0.25) is 9.78 Å². The number of carboxylic acid groups (broad SMARTS) is 1. The Hall–Kier alpha value is -3.03. The number of amides is 1. The minimum atomic E-state index is -5.08. The van der Waals surface area contributed by atoms with E-state index in [0.717, 1.165) is 24.4 Å². The number of halogens is 10. The van der Waals surface area contributed by atoms with Crippen LogP contribution >= 0.6 is 11.6 Å². The fraction of sp³-hybridized carbons (Fsp3) is 0.235. The first-order valence-corrected chi connectivity index (χ1v) is 8.26. The predicted molar refractivity (Wildman–Crippen MR) is 90.4 cm³/mol. The van der Waals surface area contributed by atoms with E-state index in [4.69, 9.17) is 21.5 Å². The van der Waals surface area contributed by atoms with Crippen LogP contribution in [0.5, 0.6) is 0 Å². The number of benzene rings is 1. The van der Waals surface area contributed by atoms with Gasteiger partial charge in [0, 0.05) is 6.20 Å². The van der Waals surface area contributed by atoms with Crippen molar-refractivity contribution in [2.75, 3.05) is 0 Å². The summed E-state index contributed by atoms with van der Waals surface area (Å²) < 4.78 is 109. The van der Waals surface area contributed by atoms with Crippen molar-refractivity contribution in [3.05, 3.63) is 63.9 Å². The Balaban J connectivity index is 0.000000633. The summed E-state index contributed by atoms with van der Waals surface area (Å²) in [5.41, 5.74) is -2.88. The highest BCUT2D eigenvalue weighted by molar-refractivity contribution is 6.31. The molecular weight excluding hydrogens is 487 g/mol. The number of nitrogens with one attached hydrogen (secondary N) is 1. The number of hydrogen-bond acceptors (Lipinski definition) is 3. The summed E-state index contributed by atoms with van der Waals surface area (Å²) in [7, 11) is 0. The van der Waals surface area contributed by atoms with Crippen molar-refractivity contribution in [3.8, 4) is 0 Å². The number of hydrogen-bond donors (Lipinski definition) is 2. The summed E-state index contributed by atoms with van der Waals surface area (Å²) in [5.74, 6) is -2.76. The average molecular weight is 497 g/mol. The van der Waals surface area contributed by atoms with Crippen LogP contribution < -0.4 is 5.32 Å². The summed E-state index contributed by atoms with van der Waals surface area (Å²) in [4.78, 5) is 23.3. The summed E-state index contributed by atoms with van der Waals surface area (Å²) in [6.07, 6.45) is -13.4. The molecule has 1 heterocycles. The Bertz CT molecular complexity index is 942. The van der Waals surface area contributed by atoms with Gasteiger partial charge in [0.1, 0.15) is 0 Å². The molecule has 2 aromatic rings. The molecule has 0 spiro atoms. The van der Waals surface area contributed by atoms with Crippen LogP contribution in [0.3, 0.4) is 0 Å². The Morgan fingerprint density at radius 1 is 0.969 bits per heavy atom. The van der Waals surface area contributed by atoms with Gasteiger partial charge in [-0.2, -0.15) is 39.5 Å². The Kier molecular flexibility index (Phi) is 8.49. The first-order chi connectivity index (χ1) is 14.5. The molecule has 2 N–H and O–H groups in total. The second-order valence-electron chi connectivity index (χ2n) is 5.69. The topological polar surface area (TPSA) is 79.3 Å². The lowest BCUT2D eigenvalue weighted by Crippen LogP contribution is -2.25. The maximum absolute atomic E-state index is 13.3. The van der Waals surface area contributed by atoms with Crippen LogP contribution in [0.25, 0.3) is 0 Å². The Morgan fingerprint density at radius 2 is 1.47 bits per heavy atom. The molecule has 1 atom stereocenters. The number of carbonyl (C=O) groups is 2. The van der Waals surface area contributed by atoms with Crippen molar-refractivity contribution in [2.24, 2.45) is 0 Å². The van der Waals surface area contributed by atoms with Crippen molar-refractivity contribution in [2.45, 2.75) is 24.6 Å². The van der Waals surface area contributed by atoms with Gasteiger partial charge >= 0.3 is 24.5 Å². The molecule has 0 bridgehead atoms. The number of aliphatic carboxylic acids is 1. The molecule has 2 rings (SSSR count). The second kappa shape index (κ2) is 10.1. The zero-order chi connectivity index (χ0) is 24.9. The number of alkyl halides is 9. The first kappa shape index (κ1) is 27.0. The summed E-state index contributed by atoms with van der Waals surface area (Å²) >= 11 is 5.61. The van der Waals surface area contributed by atoms with Gasteiger partial charge in [0.2, 0.25) is 6.41 Å². The van der Waals surface area contributed by atoms with Crippen molar-refractivity contribution in [1.82, 2.24) is 10.3 Å². The van der Waals surface area contributed by atoms with E-state index >= 15 is 0 Å². The van der Waals surface area contributed by atoms with Gasteiger partial charge in [0.25, 0.3) is 0 Å². The zero-order valence-electron chi connectivity index (χ0n) is 15.1. The minimum Gasteiger partial charge on any atom is -0.475 e. The van der Waals surface area contributed by atoms with Gasteiger partial charge < -0.3 is 10.4 Å². The highest BCUT2D eigenvalue weighted by Gasteiger charge is 2.39. The maximum Gasteiger partial charge on any atom is 0.490 e. The zero-order valence-corrected chi connectivity index (χ0v) is 15.9. The van der Waals surface area contributed by atoms with Gasteiger partial charge in [0.15, 0.2) is 0 Å². The van der Waals surface area contributed by atoms with Crippen LogP contribution in [0.2, 0.25) is 5.02 Å². The van der Waals surface area contributed by atoms with E-state index in [9.17, 15) is 44.3 Å². The highest BCUT2D eigenvalue weighted by Crippen LogP contribution is 2.40. The molecule has 0 unspecified atom stereocenters. The SMILES string of the molecule is O=C(O)C(F)(F)F.O=CN[C@@H](c1ccc(C(F)(F)F)cc1)c1nccc(Cl)c1C(F)(F)F. The standard InChI is InChI=1S/C15H9ClF6N2O.C2HF3O2/c16-10-5-6-23-13(11(10)15(20,21)22)12(24-7-25)8-1-3-9(4-2-8)14(17,18)19;3-2(4,5)1(6)7/h1-7,12H,(H,24,25);(H,6,7)/t12-;/m0./s1. The first-order valence-electron chi connectivity index (χ1n) is 7.88. The van der Waals surface area contributed by atoms with Crippen LogP contribution in [0.4, 0.5) is 39.5 Å². The molecule has 0 saturated carbocycles. The van der Waals surface area contributed by atoms with Crippen molar-refractivity contribution in [1.29, 1.82) is 0 Å². The van der Waals surface area contributed by atoms with Gasteiger partial charge in [-0.1, -0.05) is 23.7 Å². The lowest BCUT2D eigenvalue weighted by Gasteiger charge is -2.21. The summed E-state index contributed by atoms with van der Waals surface area (Å²) in [6, 6.07) is 2.84. The number of carboxylic acids is 1. The molecule has 0 radical (unpaired) electrons. The molecule has 1 amide bonds. The largest absolute Gasteiger partial charge is 0.490 e. The number of nitrogens with zero attached hydrogens (tertiary/aromatic N) is 1. The molecule has 0 aliphatic rings. The van der Waals surface area contributed by atoms with Crippen LogP contribution in [0.15, 0.2) is 36.5 Å². The number of rotatable bonds is 4. The molecule has 176 valence electrons. The van der Waals surface area contributed by atoms with E-state index in [1.807, 2.05) is 0 Å². The van der Waals surface area contributed by atoms with Crippen molar-refractivity contribution < 1.29 is 54.2 Å². The van der Waals surface area contributed by atoms with E-state index in [1.54, 1.807) is 0 Å². The van der Waals surface area contributed by atoms with Gasteiger partial charge in [-0.05, 0) is 23.8 Å².